The second-order valence-corrected chi connectivity index (χ2v) is 9.31. The Balaban J connectivity index is 1.68. The number of rotatable bonds is 8. The van der Waals surface area contributed by atoms with Gasteiger partial charge in [0.05, 0.1) is 0 Å². The molecule has 0 bridgehead atoms. The van der Waals surface area contributed by atoms with E-state index < -0.39 is 17.5 Å². The van der Waals surface area contributed by atoms with Gasteiger partial charge in [0.1, 0.15) is 5.78 Å². The highest BCUT2D eigenvalue weighted by molar-refractivity contribution is 6.30. The summed E-state index contributed by atoms with van der Waals surface area (Å²) in [5.74, 6) is -0.716. The summed E-state index contributed by atoms with van der Waals surface area (Å²) in [5.41, 5.74) is 0.404. The molecule has 160 valence electrons. The number of halogens is 1. The van der Waals surface area contributed by atoms with Crippen LogP contribution in [0.3, 0.4) is 0 Å². The average molecular weight is 422 g/mol. The SMILES string of the molecule is O=C(O)C(O)CC(=O)C1(Cc2ccc(Cl)cc2)CCN(CC2CCCCC2)CC1. The lowest BCUT2D eigenvalue weighted by Crippen LogP contribution is -2.48. The maximum atomic E-state index is 13.1. The van der Waals surface area contributed by atoms with Crippen LogP contribution in [0.2, 0.25) is 5.02 Å². The van der Waals surface area contributed by atoms with E-state index in [1.54, 1.807) is 0 Å². The normalized spacial score (nSPS) is 21.6. The molecule has 2 N–H and O–H groups in total. The third kappa shape index (κ3) is 6.03. The van der Waals surface area contributed by atoms with Gasteiger partial charge in [-0.2, -0.15) is 0 Å². The maximum Gasteiger partial charge on any atom is 0.332 e. The highest BCUT2D eigenvalue weighted by Gasteiger charge is 2.42. The van der Waals surface area contributed by atoms with Gasteiger partial charge in [-0.3, -0.25) is 4.79 Å². The van der Waals surface area contributed by atoms with Gasteiger partial charge in [-0.25, -0.2) is 4.79 Å². The van der Waals surface area contributed by atoms with E-state index in [2.05, 4.69) is 4.90 Å². The van der Waals surface area contributed by atoms with E-state index in [-0.39, 0.29) is 12.2 Å². The first-order valence-corrected chi connectivity index (χ1v) is 11.2. The number of hydrogen-bond acceptors (Lipinski definition) is 4. The second-order valence-electron chi connectivity index (χ2n) is 8.87. The van der Waals surface area contributed by atoms with Crippen LogP contribution in [0.1, 0.15) is 56.9 Å². The van der Waals surface area contributed by atoms with Crippen molar-refractivity contribution in [1.29, 1.82) is 0 Å². The van der Waals surface area contributed by atoms with Crippen LogP contribution in [0.4, 0.5) is 0 Å². The Labute approximate surface area is 178 Å². The zero-order valence-electron chi connectivity index (χ0n) is 17.0. The summed E-state index contributed by atoms with van der Waals surface area (Å²) in [6, 6.07) is 7.50. The van der Waals surface area contributed by atoms with E-state index in [9.17, 15) is 14.7 Å². The number of aliphatic hydroxyl groups excluding tert-OH is 1. The zero-order chi connectivity index (χ0) is 20.9. The number of carbonyl (C=O) groups is 2. The Morgan fingerprint density at radius 2 is 1.72 bits per heavy atom. The average Bonchev–Trinajstić information content (AvgIpc) is 2.72. The van der Waals surface area contributed by atoms with Crippen LogP contribution in [-0.4, -0.2) is 52.6 Å². The molecule has 0 radical (unpaired) electrons. The first kappa shape index (κ1) is 22.3. The summed E-state index contributed by atoms with van der Waals surface area (Å²) in [6.45, 7) is 2.79. The lowest BCUT2D eigenvalue weighted by atomic mass is 9.69. The smallest absolute Gasteiger partial charge is 0.332 e. The van der Waals surface area contributed by atoms with Crippen LogP contribution in [0.15, 0.2) is 24.3 Å². The molecular weight excluding hydrogens is 390 g/mol. The third-order valence-electron chi connectivity index (χ3n) is 6.77. The predicted octanol–water partition coefficient (Wildman–Crippen LogP) is 3.95. The minimum atomic E-state index is -1.63. The fraction of sp³-hybridized carbons (Fsp3) is 0.652. The molecule has 6 heteroatoms. The van der Waals surface area contributed by atoms with Crippen molar-refractivity contribution in [3.05, 3.63) is 34.9 Å². The Kier molecular flexibility index (Phi) is 7.72. The Morgan fingerprint density at radius 1 is 1.10 bits per heavy atom. The number of aliphatic hydroxyl groups is 1. The molecule has 2 aliphatic rings. The van der Waals surface area contributed by atoms with Crippen LogP contribution >= 0.6 is 11.6 Å². The highest BCUT2D eigenvalue weighted by Crippen LogP contribution is 2.38. The van der Waals surface area contributed by atoms with Crippen molar-refractivity contribution in [2.45, 2.75) is 63.9 Å². The van der Waals surface area contributed by atoms with E-state index in [1.165, 1.54) is 32.1 Å². The van der Waals surface area contributed by atoms with E-state index in [0.29, 0.717) is 24.3 Å². The molecule has 1 aliphatic carbocycles. The van der Waals surface area contributed by atoms with Gasteiger partial charge in [0.15, 0.2) is 6.10 Å². The summed E-state index contributed by atoms with van der Waals surface area (Å²) in [7, 11) is 0. The standard InChI is InChI=1S/C23H32ClNO4/c24-19-8-6-17(7-9-19)15-23(21(27)14-20(26)22(28)29)10-12-25(13-11-23)16-18-4-2-1-3-5-18/h6-9,18,20,26H,1-5,10-16H2,(H,28,29). The van der Waals surface area contributed by atoms with Gasteiger partial charge in [-0.1, -0.05) is 43.0 Å². The van der Waals surface area contributed by atoms with E-state index in [4.69, 9.17) is 16.7 Å². The molecule has 2 fully saturated rings. The molecule has 5 nitrogen and oxygen atoms in total. The summed E-state index contributed by atoms with van der Waals surface area (Å²) in [5, 5.41) is 19.4. The van der Waals surface area contributed by atoms with Gasteiger partial charge in [0.2, 0.25) is 0 Å². The fourth-order valence-corrected chi connectivity index (χ4v) is 5.05. The molecular formula is C23H32ClNO4. The molecule has 29 heavy (non-hydrogen) atoms. The number of carboxylic acids is 1. The number of likely N-dealkylation sites (tertiary alicyclic amines) is 1. The highest BCUT2D eigenvalue weighted by atomic mass is 35.5. The zero-order valence-corrected chi connectivity index (χ0v) is 17.7. The number of carboxylic acid groups (broad SMARTS) is 1. The van der Waals surface area contributed by atoms with E-state index in [0.717, 1.165) is 31.1 Å². The lowest BCUT2D eigenvalue weighted by Gasteiger charge is -2.42. The van der Waals surface area contributed by atoms with Crippen LogP contribution in [0, 0.1) is 11.3 Å². The third-order valence-corrected chi connectivity index (χ3v) is 7.02. The maximum absolute atomic E-state index is 13.1. The molecule has 1 aromatic rings. The number of nitrogens with zero attached hydrogens (tertiary/aromatic N) is 1. The molecule has 1 heterocycles. The van der Waals surface area contributed by atoms with E-state index in [1.807, 2.05) is 24.3 Å². The van der Waals surface area contributed by atoms with Crippen molar-refractivity contribution in [3.8, 4) is 0 Å². The first-order valence-electron chi connectivity index (χ1n) is 10.8. The summed E-state index contributed by atoms with van der Waals surface area (Å²) < 4.78 is 0. The molecule has 0 aromatic heterocycles. The van der Waals surface area contributed by atoms with Crippen LogP contribution in [0.25, 0.3) is 0 Å². The van der Waals surface area contributed by atoms with Gasteiger partial charge in [0.25, 0.3) is 0 Å². The minimum absolute atomic E-state index is 0.139. The molecule has 1 atom stereocenters. The van der Waals surface area contributed by atoms with Gasteiger partial charge >= 0.3 is 5.97 Å². The Hall–Kier alpha value is -1.43. The number of aliphatic carboxylic acids is 1. The second kappa shape index (κ2) is 10.1. The Bertz CT molecular complexity index is 691. The molecule has 1 unspecified atom stereocenters. The van der Waals surface area contributed by atoms with Crippen molar-refractivity contribution >= 4 is 23.4 Å². The largest absolute Gasteiger partial charge is 0.479 e. The van der Waals surface area contributed by atoms with Crippen molar-refractivity contribution in [1.82, 2.24) is 4.90 Å². The van der Waals surface area contributed by atoms with Gasteiger partial charge in [0, 0.05) is 23.4 Å². The number of hydrogen-bond donors (Lipinski definition) is 2. The molecule has 3 rings (SSSR count). The number of ketones is 1. The van der Waals surface area contributed by atoms with Crippen LogP contribution in [0.5, 0.6) is 0 Å². The predicted molar refractivity (Wildman–Crippen MR) is 113 cm³/mol. The lowest BCUT2D eigenvalue weighted by molar-refractivity contribution is -0.151. The molecule has 1 saturated carbocycles. The monoisotopic (exact) mass is 421 g/mol. The number of benzene rings is 1. The molecule has 0 spiro atoms. The molecule has 1 aliphatic heterocycles. The molecule has 0 amide bonds. The Morgan fingerprint density at radius 3 is 2.31 bits per heavy atom. The number of carbonyl (C=O) groups excluding carboxylic acids is 1. The fourth-order valence-electron chi connectivity index (χ4n) is 4.93. The quantitative estimate of drug-likeness (QED) is 0.664. The topological polar surface area (TPSA) is 77.8 Å². The van der Waals surface area contributed by atoms with Crippen molar-refractivity contribution in [2.75, 3.05) is 19.6 Å². The number of piperidine rings is 1. The molecule has 1 saturated heterocycles. The van der Waals surface area contributed by atoms with Crippen molar-refractivity contribution < 1.29 is 19.8 Å². The van der Waals surface area contributed by atoms with Gasteiger partial charge < -0.3 is 15.1 Å². The summed E-state index contributed by atoms with van der Waals surface area (Å²) in [4.78, 5) is 26.7. The van der Waals surface area contributed by atoms with Crippen LogP contribution in [-0.2, 0) is 16.0 Å². The molecule has 1 aromatic carbocycles. The van der Waals surface area contributed by atoms with Crippen molar-refractivity contribution in [3.63, 3.8) is 0 Å². The van der Waals surface area contributed by atoms with Gasteiger partial charge in [-0.05, 0) is 68.8 Å². The van der Waals surface area contributed by atoms with Crippen LogP contribution < -0.4 is 0 Å². The minimum Gasteiger partial charge on any atom is -0.479 e. The van der Waals surface area contributed by atoms with Crippen molar-refractivity contribution in [2.24, 2.45) is 11.3 Å². The number of Topliss-reactive ketones (excluding diaryl/α,β-unsaturated/α-hetero) is 1. The summed E-state index contributed by atoms with van der Waals surface area (Å²) >= 11 is 6.00. The first-order chi connectivity index (χ1) is 13.9. The van der Waals surface area contributed by atoms with E-state index >= 15 is 0 Å². The van der Waals surface area contributed by atoms with Gasteiger partial charge in [-0.15, -0.1) is 0 Å². The summed E-state index contributed by atoms with van der Waals surface area (Å²) in [6.07, 6.45) is 6.60.